The smallest absolute Gasteiger partial charge is 0.257 e. The molecule has 1 fully saturated rings. The summed E-state index contributed by atoms with van der Waals surface area (Å²) in [6.45, 7) is 2.19. The maximum absolute atomic E-state index is 9.12. The summed E-state index contributed by atoms with van der Waals surface area (Å²) in [5.41, 5.74) is 0.832. The van der Waals surface area contributed by atoms with E-state index in [1.54, 1.807) is 7.11 Å². The van der Waals surface area contributed by atoms with Gasteiger partial charge in [-0.25, -0.2) is 0 Å². The summed E-state index contributed by atoms with van der Waals surface area (Å²) in [5, 5.41) is 13.1. The fourth-order valence-electron chi connectivity index (χ4n) is 2.30. The van der Waals surface area contributed by atoms with Gasteiger partial charge in [-0.2, -0.15) is 10.2 Å². The van der Waals surface area contributed by atoms with E-state index in [4.69, 9.17) is 19.3 Å². The van der Waals surface area contributed by atoms with E-state index in [1.165, 1.54) is 0 Å². The predicted molar refractivity (Wildman–Crippen MR) is 76.9 cm³/mol. The lowest BCUT2D eigenvalue weighted by molar-refractivity contribution is 0.00748. The number of rotatable bonds is 4. The second-order valence-electron chi connectivity index (χ2n) is 4.93. The third-order valence-corrected chi connectivity index (χ3v) is 3.54. The van der Waals surface area contributed by atoms with Crippen molar-refractivity contribution in [3.8, 4) is 23.3 Å². The van der Waals surface area contributed by atoms with Gasteiger partial charge in [-0.1, -0.05) is 5.16 Å². The molecule has 7 heteroatoms. The lowest BCUT2D eigenvalue weighted by Crippen LogP contribution is -2.44. The number of morpholine rings is 1. The van der Waals surface area contributed by atoms with Crippen LogP contribution in [-0.2, 0) is 11.3 Å². The molecule has 7 nitrogen and oxygen atoms in total. The Balaban J connectivity index is 1.71. The molecule has 3 rings (SSSR count). The molecule has 1 aliphatic heterocycles. The van der Waals surface area contributed by atoms with Gasteiger partial charge in [0.15, 0.2) is 5.82 Å². The summed E-state index contributed by atoms with van der Waals surface area (Å²) in [5.74, 6) is 1.79. The van der Waals surface area contributed by atoms with Crippen molar-refractivity contribution in [1.29, 1.82) is 5.26 Å². The van der Waals surface area contributed by atoms with Gasteiger partial charge in [0.1, 0.15) is 11.8 Å². The Labute approximate surface area is 128 Å². The van der Waals surface area contributed by atoms with Gasteiger partial charge >= 0.3 is 0 Å². The fraction of sp³-hybridized carbons (Fsp3) is 0.400. The Bertz CT molecular complexity index is 662. The lowest BCUT2D eigenvalue weighted by Gasteiger charge is -2.29. The van der Waals surface area contributed by atoms with Crippen LogP contribution in [0, 0.1) is 11.3 Å². The van der Waals surface area contributed by atoms with Crippen molar-refractivity contribution in [2.45, 2.75) is 12.6 Å². The van der Waals surface area contributed by atoms with E-state index < -0.39 is 0 Å². The summed E-state index contributed by atoms with van der Waals surface area (Å²) in [6.07, 6.45) is 0. The summed E-state index contributed by atoms with van der Waals surface area (Å²) < 4.78 is 15.7. The Hall–Kier alpha value is -2.43. The molecule has 0 spiro atoms. The first-order valence-corrected chi connectivity index (χ1v) is 6.98. The first-order valence-electron chi connectivity index (χ1n) is 6.98. The highest BCUT2D eigenvalue weighted by Gasteiger charge is 2.24. The van der Waals surface area contributed by atoms with Gasteiger partial charge in [-0.05, 0) is 24.3 Å². The number of benzene rings is 1. The minimum absolute atomic E-state index is 0.267. The van der Waals surface area contributed by atoms with Crippen LogP contribution in [-0.4, -0.2) is 48.0 Å². The maximum Gasteiger partial charge on any atom is 0.257 e. The second-order valence-corrected chi connectivity index (χ2v) is 4.93. The number of nitriles is 1. The van der Waals surface area contributed by atoms with Crippen LogP contribution in [0.3, 0.4) is 0 Å². The molecule has 0 radical (unpaired) electrons. The molecule has 114 valence electrons. The van der Waals surface area contributed by atoms with Crippen LogP contribution < -0.4 is 4.74 Å². The molecule has 1 atom stereocenters. The molecule has 22 heavy (non-hydrogen) atoms. The van der Waals surface area contributed by atoms with Crippen LogP contribution in [0.4, 0.5) is 0 Å². The topological polar surface area (TPSA) is 84.4 Å². The van der Waals surface area contributed by atoms with E-state index in [0.717, 1.165) is 11.3 Å². The van der Waals surface area contributed by atoms with Gasteiger partial charge in [-0.3, -0.25) is 4.90 Å². The quantitative estimate of drug-likeness (QED) is 0.845. The van der Waals surface area contributed by atoms with E-state index in [2.05, 4.69) is 16.2 Å². The maximum atomic E-state index is 9.12. The molecule has 0 saturated carbocycles. The van der Waals surface area contributed by atoms with Crippen molar-refractivity contribution in [1.82, 2.24) is 15.0 Å². The molecule has 1 aliphatic rings. The van der Waals surface area contributed by atoms with E-state index in [0.29, 0.717) is 38.0 Å². The number of hydrogen-bond acceptors (Lipinski definition) is 7. The zero-order valence-electron chi connectivity index (χ0n) is 12.2. The highest BCUT2D eigenvalue weighted by Crippen LogP contribution is 2.21. The summed E-state index contributed by atoms with van der Waals surface area (Å²) in [7, 11) is 1.62. The summed E-state index contributed by atoms with van der Waals surface area (Å²) in [6, 6.07) is 9.37. The zero-order chi connectivity index (χ0) is 15.4. The molecule has 0 aliphatic carbocycles. The molecule has 1 unspecified atom stereocenters. The Morgan fingerprint density at radius 3 is 2.95 bits per heavy atom. The highest BCUT2D eigenvalue weighted by molar-refractivity contribution is 5.54. The van der Waals surface area contributed by atoms with Gasteiger partial charge in [-0.15, -0.1) is 0 Å². The van der Waals surface area contributed by atoms with Gasteiger partial charge in [0.25, 0.3) is 5.89 Å². The summed E-state index contributed by atoms with van der Waals surface area (Å²) >= 11 is 0. The van der Waals surface area contributed by atoms with Gasteiger partial charge in [0.05, 0.1) is 32.9 Å². The molecular formula is C15H16N4O3. The van der Waals surface area contributed by atoms with Crippen LogP contribution >= 0.6 is 0 Å². The molecule has 2 heterocycles. The average Bonchev–Trinajstić information content (AvgIpc) is 3.04. The Morgan fingerprint density at radius 1 is 1.41 bits per heavy atom. The number of methoxy groups -OCH3 is 1. The molecule has 2 aromatic rings. The first-order chi connectivity index (χ1) is 10.8. The Morgan fingerprint density at radius 2 is 2.23 bits per heavy atom. The molecule has 0 bridgehead atoms. The van der Waals surface area contributed by atoms with Gasteiger partial charge in [0, 0.05) is 12.1 Å². The second kappa shape index (κ2) is 6.56. The van der Waals surface area contributed by atoms with Crippen LogP contribution in [0.25, 0.3) is 11.5 Å². The van der Waals surface area contributed by atoms with Crippen LogP contribution in [0.5, 0.6) is 5.75 Å². The standard InChI is InChI=1S/C15H16N4O3/c1-20-13-4-2-11(3-5-13)15-17-14(18-22-15)9-19-6-7-21-10-12(19)8-16/h2-5,12H,6-7,9-10H2,1H3. The minimum atomic E-state index is -0.267. The third kappa shape index (κ3) is 3.08. The SMILES string of the molecule is COc1ccc(-c2nc(CN3CCOCC3C#N)no2)cc1. The minimum Gasteiger partial charge on any atom is -0.497 e. The van der Waals surface area contributed by atoms with E-state index in [-0.39, 0.29) is 6.04 Å². The number of ether oxygens (including phenoxy) is 2. The van der Waals surface area contributed by atoms with Gasteiger partial charge < -0.3 is 14.0 Å². The number of nitrogens with zero attached hydrogens (tertiary/aromatic N) is 4. The van der Waals surface area contributed by atoms with Crippen LogP contribution in [0.1, 0.15) is 5.82 Å². The number of aromatic nitrogens is 2. The lowest BCUT2D eigenvalue weighted by atomic mass is 10.2. The van der Waals surface area contributed by atoms with E-state index in [1.807, 2.05) is 29.2 Å². The normalized spacial score (nSPS) is 18.8. The number of hydrogen-bond donors (Lipinski definition) is 0. The average molecular weight is 300 g/mol. The van der Waals surface area contributed by atoms with Crippen molar-refractivity contribution >= 4 is 0 Å². The van der Waals surface area contributed by atoms with E-state index in [9.17, 15) is 0 Å². The van der Waals surface area contributed by atoms with Crippen molar-refractivity contribution in [3.63, 3.8) is 0 Å². The van der Waals surface area contributed by atoms with Crippen molar-refractivity contribution in [3.05, 3.63) is 30.1 Å². The van der Waals surface area contributed by atoms with Crippen LogP contribution in [0.2, 0.25) is 0 Å². The predicted octanol–water partition coefficient (Wildman–Crippen LogP) is 1.47. The molecule has 0 amide bonds. The van der Waals surface area contributed by atoms with Crippen molar-refractivity contribution in [2.75, 3.05) is 26.9 Å². The molecule has 0 N–H and O–H groups in total. The van der Waals surface area contributed by atoms with Crippen molar-refractivity contribution in [2.24, 2.45) is 0 Å². The molecule has 1 saturated heterocycles. The fourth-order valence-corrected chi connectivity index (χ4v) is 2.30. The van der Waals surface area contributed by atoms with Gasteiger partial charge in [0.2, 0.25) is 0 Å². The van der Waals surface area contributed by atoms with E-state index >= 15 is 0 Å². The molecular weight excluding hydrogens is 284 g/mol. The third-order valence-electron chi connectivity index (χ3n) is 3.54. The zero-order valence-corrected chi connectivity index (χ0v) is 12.2. The Kier molecular flexibility index (Phi) is 4.32. The molecule has 1 aromatic carbocycles. The molecule has 1 aromatic heterocycles. The summed E-state index contributed by atoms with van der Waals surface area (Å²) in [4.78, 5) is 6.38. The monoisotopic (exact) mass is 300 g/mol. The first kappa shape index (κ1) is 14.5. The van der Waals surface area contributed by atoms with Crippen molar-refractivity contribution < 1.29 is 14.0 Å². The largest absolute Gasteiger partial charge is 0.497 e. The highest BCUT2D eigenvalue weighted by atomic mass is 16.5. The van der Waals surface area contributed by atoms with Crippen LogP contribution in [0.15, 0.2) is 28.8 Å².